The maximum atomic E-state index is 12.9. The van der Waals surface area contributed by atoms with Gasteiger partial charge in [-0.25, -0.2) is 21.1 Å². The lowest BCUT2D eigenvalue weighted by Gasteiger charge is -2.31. The van der Waals surface area contributed by atoms with Gasteiger partial charge in [-0.2, -0.15) is 0 Å². The van der Waals surface area contributed by atoms with E-state index in [1.807, 2.05) is 30.3 Å². The molecule has 1 fully saturated rings. The number of nitrogens with zero attached hydrogens (tertiary/aromatic N) is 1. The highest BCUT2D eigenvalue weighted by Crippen LogP contribution is 2.23. The molecule has 1 amide bonds. The van der Waals surface area contributed by atoms with Crippen LogP contribution in [0.2, 0.25) is 5.02 Å². The van der Waals surface area contributed by atoms with Crippen molar-refractivity contribution in [1.29, 1.82) is 0 Å². The third-order valence-corrected chi connectivity index (χ3v) is 9.96. The first-order valence-corrected chi connectivity index (χ1v) is 15.8. The fourth-order valence-electron chi connectivity index (χ4n) is 4.34. The Balaban J connectivity index is 1.31. The summed E-state index contributed by atoms with van der Waals surface area (Å²) in [7, 11) is -7.29. The van der Waals surface area contributed by atoms with E-state index < -0.39 is 26.0 Å². The van der Waals surface area contributed by atoms with E-state index >= 15 is 0 Å². The number of amides is 1. The van der Waals surface area contributed by atoms with E-state index in [4.69, 9.17) is 11.6 Å². The second kappa shape index (κ2) is 12.3. The number of carbonyl (C=O) groups is 1. The van der Waals surface area contributed by atoms with Crippen molar-refractivity contribution < 1.29 is 21.6 Å². The van der Waals surface area contributed by atoms with Gasteiger partial charge in [-0.05, 0) is 79.8 Å². The van der Waals surface area contributed by atoms with Gasteiger partial charge in [0.15, 0.2) is 0 Å². The zero-order valence-electron chi connectivity index (χ0n) is 20.7. The zero-order valence-corrected chi connectivity index (χ0v) is 23.1. The average Bonchev–Trinajstić information content (AvgIpc) is 2.91. The third-order valence-electron chi connectivity index (χ3n) is 6.39. The molecule has 0 aliphatic carbocycles. The van der Waals surface area contributed by atoms with Gasteiger partial charge in [0, 0.05) is 29.5 Å². The lowest BCUT2D eigenvalue weighted by Crippen LogP contribution is -2.44. The van der Waals surface area contributed by atoms with Crippen molar-refractivity contribution in [2.75, 3.05) is 28.9 Å². The van der Waals surface area contributed by atoms with Crippen LogP contribution in [-0.4, -0.2) is 45.9 Å². The van der Waals surface area contributed by atoms with Crippen LogP contribution >= 0.6 is 11.6 Å². The molecule has 1 aliphatic rings. The number of halogens is 1. The van der Waals surface area contributed by atoms with E-state index in [-0.39, 0.29) is 23.1 Å². The van der Waals surface area contributed by atoms with Gasteiger partial charge < -0.3 is 5.32 Å². The summed E-state index contributed by atoms with van der Waals surface area (Å²) in [6, 6.07) is 21.9. The molecule has 1 aliphatic heterocycles. The van der Waals surface area contributed by atoms with E-state index in [1.54, 1.807) is 24.3 Å². The Bertz CT molecular complexity index is 1450. The van der Waals surface area contributed by atoms with Crippen molar-refractivity contribution >= 4 is 48.9 Å². The summed E-state index contributed by atoms with van der Waals surface area (Å²) in [5.74, 6) is -0.734. The quantitative estimate of drug-likeness (QED) is 0.362. The van der Waals surface area contributed by atoms with Crippen LogP contribution < -0.4 is 10.0 Å². The van der Waals surface area contributed by atoms with Crippen LogP contribution in [0.3, 0.4) is 0 Å². The van der Waals surface area contributed by atoms with Gasteiger partial charge >= 0.3 is 0 Å². The molecule has 3 aromatic carbocycles. The average molecular weight is 576 g/mol. The first-order chi connectivity index (χ1) is 18.1. The van der Waals surface area contributed by atoms with Gasteiger partial charge in [0.25, 0.3) is 10.0 Å². The molecule has 4 rings (SSSR count). The van der Waals surface area contributed by atoms with Gasteiger partial charge in [0.2, 0.25) is 15.9 Å². The molecule has 0 unspecified atom stereocenters. The van der Waals surface area contributed by atoms with Crippen molar-refractivity contribution in [3.63, 3.8) is 0 Å². The fraction of sp³-hybridized carbons (Fsp3) is 0.296. The van der Waals surface area contributed by atoms with Crippen LogP contribution in [-0.2, 0) is 31.3 Å². The standard InChI is InChI=1S/C27H30ClN3O5S2/c28-23-10-12-25(13-11-23)30-38(35,36)26-16-14-24(15-17-26)29-27(32)22-9-4-18-31(20-22)37(33,34)19-5-8-21-6-2-1-3-7-21/h1-3,6-7,10-17,22,30H,4-5,8-9,18-20H2,(H,29,32)/t22-/m0/s1. The van der Waals surface area contributed by atoms with Gasteiger partial charge in [-0.15, -0.1) is 0 Å². The molecule has 8 nitrogen and oxygen atoms in total. The van der Waals surface area contributed by atoms with Crippen LogP contribution in [0, 0.1) is 5.92 Å². The van der Waals surface area contributed by atoms with Gasteiger partial charge in [0.1, 0.15) is 0 Å². The van der Waals surface area contributed by atoms with Crippen molar-refractivity contribution in [3.8, 4) is 0 Å². The van der Waals surface area contributed by atoms with E-state index in [1.165, 1.54) is 28.6 Å². The lowest BCUT2D eigenvalue weighted by atomic mass is 9.99. The maximum Gasteiger partial charge on any atom is 0.261 e. The Kier molecular flexibility index (Phi) is 9.09. The largest absolute Gasteiger partial charge is 0.326 e. The molecule has 202 valence electrons. The van der Waals surface area contributed by atoms with Gasteiger partial charge in [0.05, 0.1) is 16.6 Å². The predicted octanol–water partition coefficient (Wildman–Crippen LogP) is 4.75. The number of nitrogens with one attached hydrogen (secondary N) is 2. The van der Waals surface area contributed by atoms with E-state index in [0.29, 0.717) is 48.6 Å². The van der Waals surface area contributed by atoms with Gasteiger partial charge in [-0.3, -0.25) is 9.52 Å². The lowest BCUT2D eigenvalue weighted by molar-refractivity contribution is -0.120. The molecule has 1 atom stereocenters. The molecule has 2 N–H and O–H groups in total. The number of hydrogen-bond donors (Lipinski definition) is 2. The Morgan fingerprint density at radius 2 is 1.55 bits per heavy atom. The molecule has 0 saturated carbocycles. The number of sulfonamides is 2. The second-order valence-electron chi connectivity index (χ2n) is 9.23. The smallest absolute Gasteiger partial charge is 0.261 e. The monoisotopic (exact) mass is 575 g/mol. The Morgan fingerprint density at radius 3 is 2.24 bits per heavy atom. The minimum Gasteiger partial charge on any atom is -0.326 e. The predicted molar refractivity (Wildman–Crippen MR) is 150 cm³/mol. The molecule has 0 bridgehead atoms. The molecule has 38 heavy (non-hydrogen) atoms. The van der Waals surface area contributed by atoms with Crippen LogP contribution in [0.1, 0.15) is 24.8 Å². The molecule has 1 saturated heterocycles. The number of rotatable bonds is 10. The summed E-state index contributed by atoms with van der Waals surface area (Å²) >= 11 is 5.84. The summed E-state index contributed by atoms with van der Waals surface area (Å²) < 4.78 is 55.0. The highest BCUT2D eigenvalue weighted by Gasteiger charge is 2.32. The molecule has 0 radical (unpaired) electrons. The van der Waals surface area contributed by atoms with E-state index in [0.717, 1.165) is 5.56 Å². The fourth-order valence-corrected chi connectivity index (χ4v) is 7.10. The topological polar surface area (TPSA) is 113 Å². The van der Waals surface area contributed by atoms with Crippen LogP contribution in [0.4, 0.5) is 11.4 Å². The summed E-state index contributed by atoms with van der Waals surface area (Å²) in [5.41, 5.74) is 1.91. The van der Waals surface area contributed by atoms with Crippen LogP contribution in [0.25, 0.3) is 0 Å². The molecule has 3 aromatic rings. The number of benzene rings is 3. The Hall–Kier alpha value is -2.92. The van der Waals surface area contributed by atoms with Crippen molar-refractivity contribution in [1.82, 2.24) is 4.31 Å². The van der Waals surface area contributed by atoms with E-state index in [9.17, 15) is 21.6 Å². The maximum absolute atomic E-state index is 12.9. The summed E-state index contributed by atoms with van der Waals surface area (Å²) in [6.45, 7) is 0.543. The molecule has 1 heterocycles. The Morgan fingerprint density at radius 1 is 0.895 bits per heavy atom. The number of carbonyl (C=O) groups excluding carboxylic acids is 1. The first-order valence-electron chi connectivity index (χ1n) is 12.3. The SMILES string of the molecule is O=C(Nc1ccc(S(=O)(=O)Nc2ccc(Cl)cc2)cc1)[C@H]1CCCN(S(=O)(=O)CCCc2ccccc2)C1. The van der Waals surface area contributed by atoms with Crippen molar-refractivity contribution in [3.05, 3.63) is 89.4 Å². The van der Waals surface area contributed by atoms with Crippen LogP contribution in [0.5, 0.6) is 0 Å². The first kappa shape index (κ1) is 28.1. The summed E-state index contributed by atoms with van der Waals surface area (Å²) in [4.78, 5) is 13.0. The van der Waals surface area contributed by atoms with Crippen molar-refractivity contribution in [2.24, 2.45) is 5.92 Å². The molecule has 0 aromatic heterocycles. The highest BCUT2D eigenvalue weighted by molar-refractivity contribution is 7.92. The number of piperidine rings is 1. The number of hydrogen-bond acceptors (Lipinski definition) is 5. The molecular formula is C27H30ClN3O5S2. The molecular weight excluding hydrogens is 546 g/mol. The van der Waals surface area contributed by atoms with Gasteiger partial charge in [-0.1, -0.05) is 41.9 Å². The minimum absolute atomic E-state index is 0.0379. The summed E-state index contributed by atoms with van der Waals surface area (Å²) in [6.07, 6.45) is 2.38. The number of aryl methyl sites for hydroxylation is 1. The summed E-state index contributed by atoms with van der Waals surface area (Å²) in [5, 5.41) is 3.29. The molecule has 0 spiro atoms. The van der Waals surface area contributed by atoms with Crippen molar-refractivity contribution in [2.45, 2.75) is 30.6 Å². The zero-order chi connectivity index (χ0) is 27.2. The third kappa shape index (κ3) is 7.57. The number of anilines is 2. The molecule has 11 heteroatoms. The normalized spacial score (nSPS) is 16.6. The van der Waals surface area contributed by atoms with E-state index in [2.05, 4.69) is 10.0 Å². The van der Waals surface area contributed by atoms with Crippen LogP contribution in [0.15, 0.2) is 83.8 Å². The Labute approximate surface area is 229 Å². The second-order valence-corrected chi connectivity index (χ2v) is 13.4. The highest BCUT2D eigenvalue weighted by atomic mass is 35.5. The minimum atomic E-state index is -3.82.